The molecule has 2 N–H and O–H groups in total. The van der Waals surface area contributed by atoms with Crippen molar-refractivity contribution in [2.45, 2.75) is 6.04 Å². The van der Waals surface area contributed by atoms with E-state index in [1.807, 2.05) is 5.92 Å². The van der Waals surface area contributed by atoms with E-state index in [9.17, 15) is 9.59 Å². The summed E-state index contributed by atoms with van der Waals surface area (Å²) in [6.07, 6.45) is 4.82. The topological polar surface area (TPSA) is 75.6 Å². The highest BCUT2D eigenvalue weighted by molar-refractivity contribution is 5.93. The Hall–Kier alpha value is -1.54. The van der Waals surface area contributed by atoms with Gasteiger partial charge in [-0.05, 0) is 5.92 Å². The Labute approximate surface area is 75.1 Å². The molecule has 0 saturated carbocycles. The molecule has 1 aliphatic rings. The minimum Gasteiger partial charge on any atom is -0.481 e. The van der Waals surface area contributed by atoms with Crippen LogP contribution in [0.15, 0.2) is 0 Å². The fourth-order valence-corrected chi connectivity index (χ4v) is 1.15. The molecular weight excluding hydrogens is 174 g/mol. The monoisotopic (exact) mass is 183 g/mol. The lowest BCUT2D eigenvalue weighted by Crippen LogP contribution is -2.42. The largest absolute Gasteiger partial charge is 0.481 e. The molecule has 0 spiro atoms. The van der Waals surface area contributed by atoms with Crippen LogP contribution in [0.3, 0.4) is 0 Å². The number of carboxylic acids is 1. The van der Waals surface area contributed by atoms with Gasteiger partial charge in [0.05, 0.1) is 19.3 Å². The Morgan fingerprint density at radius 3 is 2.77 bits per heavy atom. The van der Waals surface area contributed by atoms with Gasteiger partial charge in [0, 0.05) is 0 Å². The third kappa shape index (κ3) is 2.20. The van der Waals surface area contributed by atoms with Crippen molar-refractivity contribution in [2.75, 3.05) is 13.2 Å². The van der Waals surface area contributed by atoms with Gasteiger partial charge < -0.3 is 15.2 Å². The number of ether oxygens (including phenoxy) is 1. The number of carbonyl (C=O) groups excluding carboxylic acids is 1. The van der Waals surface area contributed by atoms with E-state index in [-0.39, 0.29) is 13.2 Å². The van der Waals surface area contributed by atoms with Crippen LogP contribution in [0.5, 0.6) is 0 Å². The fraction of sp³-hybridized carbons (Fsp3) is 0.500. The zero-order valence-corrected chi connectivity index (χ0v) is 6.82. The van der Waals surface area contributed by atoms with Crippen molar-refractivity contribution in [3.8, 4) is 12.3 Å². The van der Waals surface area contributed by atoms with E-state index in [0.717, 1.165) is 0 Å². The molecule has 0 aliphatic carbocycles. The third-order valence-corrected chi connectivity index (χ3v) is 1.85. The Balaban J connectivity index is 2.55. The molecule has 0 aromatic carbocycles. The van der Waals surface area contributed by atoms with Gasteiger partial charge >= 0.3 is 5.97 Å². The van der Waals surface area contributed by atoms with Gasteiger partial charge in [0.15, 0.2) is 0 Å². The molecule has 1 amide bonds. The number of carboxylic acid groups (broad SMARTS) is 1. The van der Waals surface area contributed by atoms with Gasteiger partial charge in [-0.25, -0.2) is 0 Å². The predicted molar refractivity (Wildman–Crippen MR) is 42.7 cm³/mol. The quantitative estimate of drug-likeness (QED) is 0.529. The van der Waals surface area contributed by atoms with Crippen LogP contribution in [-0.4, -0.2) is 36.2 Å². The molecule has 0 radical (unpaired) electrons. The first-order valence-corrected chi connectivity index (χ1v) is 3.73. The van der Waals surface area contributed by atoms with Gasteiger partial charge in [-0.15, -0.1) is 6.42 Å². The standard InChI is InChI=1S/C8H9NO4/c1-2-7(10)9-6-4-13-3-5(6)8(11)12/h1,5-6H,3-4H2,(H,9,10)(H,11,12). The minimum atomic E-state index is -0.986. The number of rotatable bonds is 2. The highest BCUT2D eigenvalue weighted by Crippen LogP contribution is 2.13. The van der Waals surface area contributed by atoms with Gasteiger partial charge in [0.2, 0.25) is 0 Å². The normalized spacial score (nSPS) is 26.4. The molecule has 0 bridgehead atoms. The van der Waals surface area contributed by atoms with E-state index in [1.165, 1.54) is 0 Å². The molecule has 2 atom stereocenters. The molecule has 70 valence electrons. The van der Waals surface area contributed by atoms with Crippen LogP contribution >= 0.6 is 0 Å². The summed E-state index contributed by atoms with van der Waals surface area (Å²) < 4.78 is 4.91. The van der Waals surface area contributed by atoms with Crippen molar-refractivity contribution >= 4 is 11.9 Å². The number of amides is 1. The Morgan fingerprint density at radius 2 is 2.23 bits per heavy atom. The molecule has 1 heterocycles. The lowest BCUT2D eigenvalue weighted by molar-refractivity contribution is -0.142. The minimum absolute atomic E-state index is 0.116. The molecule has 1 aliphatic heterocycles. The van der Waals surface area contributed by atoms with E-state index in [0.29, 0.717) is 0 Å². The molecular formula is C8H9NO4. The molecule has 1 fully saturated rings. The second-order valence-electron chi connectivity index (χ2n) is 2.71. The number of terminal acetylenes is 1. The van der Waals surface area contributed by atoms with Crippen molar-refractivity contribution in [1.29, 1.82) is 0 Å². The first-order chi connectivity index (χ1) is 6.15. The van der Waals surface area contributed by atoms with Crippen LogP contribution < -0.4 is 5.32 Å². The zero-order valence-electron chi connectivity index (χ0n) is 6.82. The summed E-state index contributed by atoms with van der Waals surface area (Å²) >= 11 is 0. The van der Waals surface area contributed by atoms with Gasteiger partial charge in [0.1, 0.15) is 5.92 Å². The molecule has 0 aromatic rings. The summed E-state index contributed by atoms with van der Waals surface area (Å²) in [5.74, 6) is -0.440. The number of hydrogen-bond donors (Lipinski definition) is 2. The van der Waals surface area contributed by atoms with Crippen molar-refractivity contribution < 1.29 is 19.4 Å². The lowest BCUT2D eigenvalue weighted by Gasteiger charge is -2.12. The number of carbonyl (C=O) groups is 2. The highest BCUT2D eigenvalue weighted by Gasteiger charge is 2.34. The summed E-state index contributed by atoms with van der Waals surface area (Å²) in [4.78, 5) is 21.3. The van der Waals surface area contributed by atoms with Crippen molar-refractivity contribution in [2.24, 2.45) is 5.92 Å². The summed E-state index contributed by atoms with van der Waals surface area (Å²) in [7, 11) is 0. The van der Waals surface area contributed by atoms with Crippen molar-refractivity contribution in [3.05, 3.63) is 0 Å². The number of aliphatic carboxylic acids is 1. The molecule has 2 unspecified atom stereocenters. The summed E-state index contributed by atoms with van der Waals surface area (Å²) in [6.45, 7) is 0.315. The highest BCUT2D eigenvalue weighted by atomic mass is 16.5. The maximum Gasteiger partial charge on any atom is 0.311 e. The SMILES string of the molecule is C#CC(=O)NC1COCC1C(=O)O. The number of hydrogen-bond acceptors (Lipinski definition) is 3. The lowest BCUT2D eigenvalue weighted by atomic mass is 10.0. The number of nitrogens with one attached hydrogen (secondary N) is 1. The van der Waals surface area contributed by atoms with E-state index >= 15 is 0 Å². The van der Waals surface area contributed by atoms with Crippen LogP contribution in [0.4, 0.5) is 0 Å². The molecule has 5 heteroatoms. The van der Waals surface area contributed by atoms with E-state index in [2.05, 4.69) is 5.32 Å². The van der Waals surface area contributed by atoms with Crippen LogP contribution in [0.25, 0.3) is 0 Å². The maximum atomic E-state index is 10.7. The maximum absolute atomic E-state index is 10.7. The second kappa shape index (κ2) is 3.92. The Morgan fingerprint density at radius 1 is 1.54 bits per heavy atom. The van der Waals surface area contributed by atoms with Crippen molar-refractivity contribution in [1.82, 2.24) is 5.32 Å². The average Bonchev–Trinajstić information content (AvgIpc) is 2.52. The van der Waals surface area contributed by atoms with Crippen molar-refractivity contribution in [3.63, 3.8) is 0 Å². The first-order valence-electron chi connectivity index (χ1n) is 3.73. The smallest absolute Gasteiger partial charge is 0.311 e. The molecule has 13 heavy (non-hydrogen) atoms. The predicted octanol–water partition coefficient (Wildman–Crippen LogP) is -1.16. The Bertz CT molecular complexity index is 268. The van der Waals surface area contributed by atoms with Crippen LogP contribution in [0.2, 0.25) is 0 Å². The van der Waals surface area contributed by atoms with Gasteiger partial charge in [-0.3, -0.25) is 9.59 Å². The van der Waals surface area contributed by atoms with E-state index < -0.39 is 23.8 Å². The zero-order chi connectivity index (χ0) is 9.84. The summed E-state index contributed by atoms with van der Waals surface area (Å²) in [5, 5.41) is 11.1. The molecule has 0 aromatic heterocycles. The third-order valence-electron chi connectivity index (χ3n) is 1.85. The van der Waals surface area contributed by atoms with Crippen LogP contribution in [0.1, 0.15) is 0 Å². The average molecular weight is 183 g/mol. The second-order valence-corrected chi connectivity index (χ2v) is 2.71. The van der Waals surface area contributed by atoms with E-state index in [1.54, 1.807) is 0 Å². The summed E-state index contributed by atoms with van der Waals surface area (Å²) in [6, 6.07) is -0.513. The Kier molecular flexibility index (Phi) is 2.88. The molecule has 1 saturated heterocycles. The molecule has 1 rings (SSSR count). The van der Waals surface area contributed by atoms with Crippen LogP contribution in [-0.2, 0) is 14.3 Å². The summed E-state index contributed by atoms with van der Waals surface area (Å²) in [5.41, 5.74) is 0. The first kappa shape index (κ1) is 9.55. The van der Waals surface area contributed by atoms with Gasteiger partial charge in [-0.2, -0.15) is 0 Å². The van der Waals surface area contributed by atoms with E-state index in [4.69, 9.17) is 16.3 Å². The van der Waals surface area contributed by atoms with Crippen LogP contribution in [0, 0.1) is 18.3 Å². The van der Waals surface area contributed by atoms with Gasteiger partial charge in [0.25, 0.3) is 5.91 Å². The van der Waals surface area contributed by atoms with Gasteiger partial charge in [-0.1, -0.05) is 0 Å². The fourth-order valence-electron chi connectivity index (χ4n) is 1.15. The molecule has 5 nitrogen and oxygen atoms in total.